The Morgan fingerprint density at radius 2 is 1.86 bits per heavy atom. The maximum atomic E-state index is 12.7. The van der Waals surface area contributed by atoms with E-state index in [0.717, 1.165) is 18.4 Å². The first kappa shape index (κ1) is 20.9. The highest BCUT2D eigenvalue weighted by Crippen LogP contribution is 2.19. The van der Waals surface area contributed by atoms with Crippen molar-refractivity contribution in [2.24, 2.45) is 5.92 Å². The first-order valence-electron chi connectivity index (χ1n) is 9.32. The number of hydrogen-bond acceptors (Lipinski definition) is 5. The number of likely N-dealkylation sites (tertiary alicyclic amines) is 1. The van der Waals surface area contributed by atoms with E-state index in [2.05, 4.69) is 9.71 Å². The molecule has 9 heteroatoms. The number of carboxylic acids is 1. The molecule has 1 atom stereocenters. The molecule has 0 saturated carbocycles. The summed E-state index contributed by atoms with van der Waals surface area (Å²) in [7, 11) is -3.61. The summed E-state index contributed by atoms with van der Waals surface area (Å²) in [6.07, 6.45) is 1.53. The van der Waals surface area contributed by atoms with Crippen molar-refractivity contribution in [3.63, 3.8) is 0 Å². The Labute approximate surface area is 169 Å². The van der Waals surface area contributed by atoms with Crippen LogP contribution in [0.25, 0.3) is 0 Å². The zero-order valence-electron chi connectivity index (χ0n) is 16.0. The Hall–Kier alpha value is -2.78. The van der Waals surface area contributed by atoms with Gasteiger partial charge in [0.05, 0.1) is 4.90 Å². The molecule has 1 aromatic carbocycles. The molecule has 1 aliphatic rings. The van der Waals surface area contributed by atoms with Crippen LogP contribution in [0, 0.1) is 12.8 Å². The molecule has 1 aromatic heterocycles. The lowest BCUT2D eigenvalue weighted by Gasteiger charge is -2.32. The summed E-state index contributed by atoms with van der Waals surface area (Å²) in [4.78, 5) is 29.5. The van der Waals surface area contributed by atoms with Crippen LogP contribution in [0.5, 0.6) is 0 Å². The molecule has 1 aliphatic heterocycles. The first-order valence-corrected chi connectivity index (χ1v) is 10.8. The Balaban J connectivity index is 1.63. The molecule has 0 unspecified atom stereocenters. The van der Waals surface area contributed by atoms with E-state index >= 15 is 0 Å². The van der Waals surface area contributed by atoms with Crippen molar-refractivity contribution in [1.29, 1.82) is 0 Å². The van der Waals surface area contributed by atoms with Gasteiger partial charge in [-0.05, 0) is 49.9 Å². The number of aromatic nitrogens is 1. The minimum Gasteiger partial charge on any atom is -0.477 e. The Bertz CT molecular complexity index is 1010. The summed E-state index contributed by atoms with van der Waals surface area (Å²) < 4.78 is 27.6. The quantitative estimate of drug-likeness (QED) is 0.742. The second kappa shape index (κ2) is 8.71. The fourth-order valence-corrected chi connectivity index (χ4v) is 4.40. The second-order valence-electron chi connectivity index (χ2n) is 7.14. The average molecular weight is 417 g/mol. The van der Waals surface area contributed by atoms with E-state index in [9.17, 15) is 18.0 Å². The Morgan fingerprint density at radius 3 is 2.55 bits per heavy atom. The molecule has 1 amide bonds. The monoisotopic (exact) mass is 417 g/mol. The maximum Gasteiger partial charge on any atom is 0.354 e. The van der Waals surface area contributed by atoms with Crippen LogP contribution in [0.15, 0.2) is 47.4 Å². The molecule has 29 heavy (non-hydrogen) atoms. The molecular formula is C20H23N3O5S. The first-order chi connectivity index (χ1) is 13.8. The van der Waals surface area contributed by atoms with Gasteiger partial charge in [-0.2, -0.15) is 0 Å². The second-order valence-corrected chi connectivity index (χ2v) is 8.90. The number of aromatic carboxylic acids is 1. The fourth-order valence-electron chi connectivity index (χ4n) is 3.28. The van der Waals surface area contributed by atoms with E-state index < -0.39 is 16.0 Å². The van der Waals surface area contributed by atoms with Crippen LogP contribution >= 0.6 is 0 Å². The molecule has 0 spiro atoms. The van der Waals surface area contributed by atoms with E-state index in [1.165, 1.54) is 18.2 Å². The van der Waals surface area contributed by atoms with Gasteiger partial charge in [0.25, 0.3) is 5.91 Å². The van der Waals surface area contributed by atoms with Crippen LogP contribution in [0.4, 0.5) is 0 Å². The average Bonchev–Trinajstić information content (AvgIpc) is 2.72. The minimum absolute atomic E-state index is 0.0319. The van der Waals surface area contributed by atoms with Crippen molar-refractivity contribution in [1.82, 2.24) is 14.6 Å². The van der Waals surface area contributed by atoms with Crippen LogP contribution < -0.4 is 4.72 Å². The third-order valence-corrected chi connectivity index (χ3v) is 6.33. The van der Waals surface area contributed by atoms with Crippen LogP contribution in [-0.4, -0.2) is 54.9 Å². The summed E-state index contributed by atoms with van der Waals surface area (Å²) in [6, 6.07) is 10.9. The highest BCUT2D eigenvalue weighted by molar-refractivity contribution is 7.89. The van der Waals surface area contributed by atoms with Gasteiger partial charge in [0.15, 0.2) is 0 Å². The number of aryl methyl sites for hydroxylation is 1. The molecule has 1 saturated heterocycles. The smallest absolute Gasteiger partial charge is 0.354 e. The van der Waals surface area contributed by atoms with Crippen molar-refractivity contribution in [2.75, 3.05) is 19.6 Å². The minimum atomic E-state index is -3.61. The lowest BCUT2D eigenvalue weighted by Crippen LogP contribution is -2.44. The van der Waals surface area contributed by atoms with E-state index in [0.29, 0.717) is 13.1 Å². The van der Waals surface area contributed by atoms with Gasteiger partial charge in [0.2, 0.25) is 10.0 Å². The third kappa shape index (κ3) is 5.18. The molecule has 0 aliphatic carbocycles. The van der Waals surface area contributed by atoms with Crippen molar-refractivity contribution in [3.05, 3.63) is 59.4 Å². The SMILES string of the molecule is Cc1ccc(S(=O)(=O)NC[C@H]2CCCN(C(=O)c3cccc(C(=O)O)n3)C2)cc1. The highest BCUT2D eigenvalue weighted by Gasteiger charge is 2.27. The number of nitrogens with zero attached hydrogens (tertiary/aromatic N) is 2. The van der Waals surface area contributed by atoms with Crippen LogP contribution in [-0.2, 0) is 10.0 Å². The number of hydrogen-bond donors (Lipinski definition) is 2. The third-order valence-electron chi connectivity index (χ3n) is 4.89. The number of nitrogens with one attached hydrogen (secondary N) is 1. The van der Waals surface area contributed by atoms with Gasteiger partial charge < -0.3 is 10.0 Å². The maximum absolute atomic E-state index is 12.7. The van der Waals surface area contributed by atoms with E-state index in [1.54, 1.807) is 29.2 Å². The van der Waals surface area contributed by atoms with Crippen LogP contribution in [0.3, 0.4) is 0 Å². The summed E-state index contributed by atoms with van der Waals surface area (Å²) in [5.41, 5.74) is 0.868. The molecule has 3 rings (SSSR count). The van der Waals surface area contributed by atoms with Gasteiger partial charge >= 0.3 is 5.97 Å². The standard InChI is InChI=1S/C20H23N3O5S/c1-14-7-9-16(10-8-14)29(27,28)21-12-15-4-3-11-23(13-15)19(24)17-5-2-6-18(22-17)20(25)26/h2,5-10,15,21H,3-4,11-13H2,1H3,(H,25,26)/t15-/m1/s1. The number of piperidine rings is 1. The molecule has 1 fully saturated rings. The number of sulfonamides is 1. The molecule has 0 radical (unpaired) electrons. The predicted molar refractivity (Wildman–Crippen MR) is 106 cm³/mol. The number of carbonyl (C=O) groups excluding carboxylic acids is 1. The van der Waals surface area contributed by atoms with Gasteiger partial charge in [-0.15, -0.1) is 0 Å². The zero-order chi connectivity index (χ0) is 21.0. The predicted octanol–water partition coefficient (Wildman–Crippen LogP) is 1.92. The summed E-state index contributed by atoms with van der Waals surface area (Å²) in [5, 5.41) is 9.05. The van der Waals surface area contributed by atoms with Gasteiger partial charge in [0.1, 0.15) is 11.4 Å². The number of carbonyl (C=O) groups is 2. The van der Waals surface area contributed by atoms with Gasteiger partial charge in [-0.1, -0.05) is 23.8 Å². The zero-order valence-corrected chi connectivity index (χ0v) is 16.9. The number of benzene rings is 1. The van der Waals surface area contributed by atoms with Crippen molar-refractivity contribution in [3.8, 4) is 0 Å². The normalized spacial score (nSPS) is 17.1. The van der Waals surface area contributed by atoms with Crippen LogP contribution in [0.2, 0.25) is 0 Å². The lowest BCUT2D eigenvalue weighted by molar-refractivity contribution is 0.0668. The Morgan fingerprint density at radius 1 is 1.17 bits per heavy atom. The number of pyridine rings is 1. The molecule has 0 bridgehead atoms. The fraction of sp³-hybridized carbons (Fsp3) is 0.350. The summed E-state index contributed by atoms with van der Waals surface area (Å²) in [5.74, 6) is -1.57. The number of carboxylic acid groups (broad SMARTS) is 1. The molecule has 154 valence electrons. The molecule has 2 N–H and O–H groups in total. The summed E-state index contributed by atoms with van der Waals surface area (Å²) in [6.45, 7) is 3.02. The molecule has 2 aromatic rings. The molecule has 8 nitrogen and oxygen atoms in total. The van der Waals surface area contributed by atoms with Gasteiger partial charge in [0, 0.05) is 19.6 Å². The van der Waals surface area contributed by atoms with E-state index in [4.69, 9.17) is 5.11 Å². The molecule has 2 heterocycles. The van der Waals surface area contributed by atoms with Crippen molar-refractivity contribution < 1.29 is 23.1 Å². The van der Waals surface area contributed by atoms with E-state index in [-0.39, 0.29) is 34.7 Å². The largest absolute Gasteiger partial charge is 0.477 e. The van der Waals surface area contributed by atoms with Crippen molar-refractivity contribution in [2.45, 2.75) is 24.7 Å². The lowest BCUT2D eigenvalue weighted by atomic mass is 9.98. The topological polar surface area (TPSA) is 117 Å². The Kier molecular flexibility index (Phi) is 6.29. The van der Waals surface area contributed by atoms with Gasteiger partial charge in [-0.3, -0.25) is 4.79 Å². The van der Waals surface area contributed by atoms with E-state index in [1.807, 2.05) is 6.92 Å². The van der Waals surface area contributed by atoms with Crippen molar-refractivity contribution >= 4 is 21.9 Å². The number of amides is 1. The number of rotatable bonds is 6. The van der Waals surface area contributed by atoms with Gasteiger partial charge in [-0.25, -0.2) is 22.9 Å². The van der Waals surface area contributed by atoms with Crippen LogP contribution in [0.1, 0.15) is 39.4 Å². The highest BCUT2D eigenvalue weighted by atomic mass is 32.2. The summed E-state index contributed by atoms with van der Waals surface area (Å²) >= 11 is 0. The molecular weight excluding hydrogens is 394 g/mol.